The molecule has 0 bridgehead atoms. The summed E-state index contributed by atoms with van der Waals surface area (Å²) in [5.74, 6) is 1.11. The number of hydrogen-bond donors (Lipinski definition) is 1. The van der Waals surface area contributed by atoms with E-state index in [9.17, 15) is 4.79 Å². The molecular formula is C26H31N3OS. The van der Waals surface area contributed by atoms with Crippen LogP contribution >= 0.6 is 11.8 Å². The van der Waals surface area contributed by atoms with E-state index in [0.717, 1.165) is 22.7 Å². The number of aromatic nitrogens is 1. The van der Waals surface area contributed by atoms with Gasteiger partial charge in [0, 0.05) is 22.7 Å². The highest BCUT2D eigenvalue weighted by Crippen LogP contribution is 2.25. The summed E-state index contributed by atoms with van der Waals surface area (Å²) >= 11 is 1.60. The number of carbonyl (C=O) groups is 1. The lowest BCUT2D eigenvalue weighted by molar-refractivity contribution is -0.118. The average Bonchev–Trinajstić information content (AvgIpc) is 2.95. The number of para-hydroxylation sites is 1. The van der Waals surface area contributed by atoms with Crippen LogP contribution in [0, 0.1) is 41.5 Å². The van der Waals surface area contributed by atoms with Crippen molar-refractivity contribution in [1.29, 1.82) is 0 Å². The third-order valence-electron chi connectivity index (χ3n) is 5.31. The second-order valence-electron chi connectivity index (χ2n) is 8.18. The maximum Gasteiger partial charge on any atom is 0.250 e. The molecule has 1 N–H and O–H groups in total. The van der Waals surface area contributed by atoms with Crippen LogP contribution < -0.4 is 5.43 Å². The lowest BCUT2D eigenvalue weighted by Gasteiger charge is -2.15. The summed E-state index contributed by atoms with van der Waals surface area (Å²) in [6.07, 6.45) is 1.74. The van der Waals surface area contributed by atoms with Gasteiger partial charge in [0.2, 0.25) is 5.91 Å². The minimum atomic E-state index is -0.0887. The van der Waals surface area contributed by atoms with Crippen LogP contribution in [-0.2, 0) is 10.5 Å². The smallest absolute Gasteiger partial charge is 0.250 e. The Kier molecular flexibility index (Phi) is 7.39. The summed E-state index contributed by atoms with van der Waals surface area (Å²) in [5.41, 5.74) is 13.4. The molecule has 162 valence electrons. The molecule has 0 atom stereocenters. The maximum atomic E-state index is 12.2. The Morgan fingerprint density at radius 2 is 1.65 bits per heavy atom. The molecule has 0 fully saturated rings. The minimum Gasteiger partial charge on any atom is -0.317 e. The molecule has 5 heteroatoms. The molecule has 0 saturated carbocycles. The molecule has 3 aromatic rings. The van der Waals surface area contributed by atoms with Crippen molar-refractivity contribution >= 4 is 23.9 Å². The zero-order valence-corrected chi connectivity index (χ0v) is 20.1. The number of aryl methyl sites for hydroxylation is 5. The van der Waals surface area contributed by atoms with E-state index in [-0.39, 0.29) is 5.91 Å². The Balaban J connectivity index is 1.60. The lowest BCUT2D eigenvalue weighted by atomic mass is 10.1. The van der Waals surface area contributed by atoms with Gasteiger partial charge in [0.15, 0.2) is 0 Å². The van der Waals surface area contributed by atoms with Crippen LogP contribution in [0.2, 0.25) is 0 Å². The second kappa shape index (κ2) is 10.0. The van der Waals surface area contributed by atoms with Gasteiger partial charge in [0.05, 0.1) is 17.7 Å². The number of benzene rings is 2. The van der Waals surface area contributed by atoms with E-state index in [4.69, 9.17) is 0 Å². The molecule has 0 aliphatic rings. The first-order valence-electron chi connectivity index (χ1n) is 10.5. The zero-order valence-electron chi connectivity index (χ0n) is 19.2. The topological polar surface area (TPSA) is 46.4 Å². The van der Waals surface area contributed by atoms with Crippen molar-refractivity contribution < 1.29 is 4.79 Å². The van der Waals surface area contributed by atoms with Gasteiger partial charge < -0.3 is 4.57 Å². The SMILES string of the molecule is Cc1cc(C)cc(CSCC(=O)N/N=C/c2cc(C)n(-c3c(C)cccc3C)c2C)c1. The van der Waals surface area contributed by atoms with Crippen molar-refractivity contribution in [2.45, 2.75) is 47.3 Å². The quantitative estimate of drug-likeness (QED) is 0.383. The number of nitrogens with zero attached hydrogens (tertiary/aromatic N) is 2. The fourth-order valence-electron chi connectivity index (χ4n) is 4.04. The Bertz CT molecular complexity index is 1090. The van der Waals surface area contributed by atoms with Gasteiger partial charge in [-0.05, 0) is 64.3 Å². The summed E-state index contributed by atoms with van der Waals surface area (Å²) < 4.78 is 2.26. The van der Waals surface area contributed by atoms with Gasteiger partial charge in [0.25, 0.3) is 0 Å². The number of thioether (sulfide) groups is 1. The molecule has 0 aliphatic heterocycles. The van der Waals surface area contributed by atoms with Gasteiger partial charge in [-0.3, -0.25) is 4.79 Å². The van der Waals surface area contributed by atoms with Crippen LogP contribution in [0.15, 0.2) is 47.6 Å². The van der Waals surface area contributed by atoms with E-state index in [2.05, 4.69) is 99.1 Å². The van der Waals surface area contributed by atoms with Gasteiger partial charge in [-0.25, -0.2) is 5.43 Å². The molecule has 1 amide bonds. The van der Waals surface area contributed by atoms with Crippen LogP contribution in [0.3, 0.4) is 0 Å². The molecule has 2 aromatic carbocycles. The van der Waals surface area contributed by atoms with Crippen molar-refractivity contribution in [2.75, 3.05) is 5.75 Å². The Morgan fingerprint density at radius 3 is 2.29 bits per heavy atom. The number of carbonyl (C=O) groups excluding carboxylic acids is 1. The van der Waals surface area contributed by atoms with Crippen molar-refractivity contribution in [3.63, 3.8) is 0 Å². The number of hydrazone groups is 1. The third-order valence-corrected chi connectivity index (χ3v) is 6.31. The van der Waals surface area contributed by atoms with Gasteiger partial charge in [0.1, 0.15) is 0 Å². The van der Waals surface area contributed by atoms with Gasteiger partial charge in [-0.1, -0.05) is 47.5 Å². The van der Waals surface area contributed by atoms with E-state index in [1.807, 2.05) is 0 Å². The number of rotatable bonds is 7. The largest absolute Gasteiger partial charge is 0.317 e. The van der Waals surface area contributed by atoms with Gasteiger partial charge in [-0.2, -0.15) is 5.10 Å². The van der Waals surface area contributed by atoms with Crippen LogP contribution in [0.4, 0.5) is 0 Å². The third kappa shape index (κ3) is 5.67. The number of nitrogens with one attached hydrogen (secondary N) is 1. The molecular weight excluding hydrogens is 402 g/mol. The fraction of sp³-hybridized carbons (Fsp3) is 0.308. The van der Waals surface area contributed by atoms with Crippen LogP contribution in [0.5, 0.6) is 0 Å². The second-order valence-corrected chi connectivity index (χ2v) is 9.17. The standard InChI is InChI=1S/C26H31N3OS/c1-17-10-18(2)12-23(11-17)15-31-16-25(30)28-27-14-24-13-21(5)29(22(24)6)26-19(3)8-7-9-20(26)4/h7-14H,15-16H2,1-6H3,(H,28,30)/b27-14+. The van der Waals surface area contributed by atoms with E-state index in [1.54, 1.807) is 18.0 Å². The molecule has 0 saturated heterocycles. The zero-order chi connectivity index (χ0) is 22.5. The van der Waals surface area contributed by atoms with Gasteiger partial charge in [-0.15, -0.1) is 11.8 Å². The maximum absolute atomic E-state index is 12.2. The fourth-order valence-corrected chi connectivity index (χ4v) is 4.80. The normalized spacial score (nSPS) is 11.3. The van der Waals surface area contributed by atoms with E-state index in [1.165, 1.54) is 33.5 Å². The van der Waals surface area contributed by atoms with E-state index in [0.29, 0.717) is 5.75 Å². The Morgan fingerprint density at radius 1 is 1.00 bits per heavy atom. The molecule has 3 rings (SSSR count). The highest BCUT2D eigenvalue weighted by Gasteiger charge is 2.13. The first-order chi connectivity index (χ1) is 14.8. The minimum absolute atomic E-state index is 0.0887. The number of hydrogen-bond acceptors (Lipinski definition) is 3. The molecule has 4 nitrogen and oxygen atoms in total. The molecule has 0 radical (unpaired) electrons. The summed E-state index contributed by atoms with van der Waals surface area (Å²) in [6, 6.07) is 14.9. The summed E-state index contributed by atoms with van der Waals surface area (Å²) in [7, 11) is 0. The first kappa shape index (κ1) is 22.9. The van der Waals surface area contributed by atoms with E-state index < -0.39 is 0 Å². The van der Waals surface area contributed by atoms with Crippen molar-refractivity contribution in [3.8, 4) is 5.69 Å². The average molecular weight is 434 g/mol. The highest BCUT2D eigenvalue weighted by atomic mass is 32.2. The molecule has 0 spiro atoms. The predicted octanol–water partition coefficient (Wildman–Crippen LogP) is 5.71. The van der Waals surface area contributed by atoms with Gasteiger partial charge >= 0.3 is 0 Å². The van der Waals surface area contributed by atoms with Crippen molar-refractivity contribution in [1.82, 2.24) is 9.99 Å². The van der Waals surface area contributed by atoms with Crippen molar-refractivity contribution in [3.05, 3.63) is 87.2 Å². The Labute approximate surface area is 189 Å². The summed E-state index contributed by atoms with van der Waals surface area (Å²) in [6.45, 7) is 12.6. The van der Waals surface area contributed by atoms with Crippen LogP contribution in [0.25, 0.3) is 5.69 Å². The summed E-state index contributed by atoms with van der Waals surface area (Å²) in [4.78, 5) is 12.2. The van der Waals surface area contributed by atoms with Crippen LogP contribution in [0.1, 0.15) is 44.8 Å². The van der Waals surface area contributed by atoms with Crippen LogP contribution in [-0.4, -0.2) is 22.4 Å². The Hall–Kier alpha value is -2.79. The molecule has 0 unspecified atom stereocenters. The molecule has 0 aliphatic carbocycles. The van der Waals surface area contributed by atoms with Crippen molar-refractivity contribution in [2.24, 2.45) is 5.10 Å². The molecule has 1 heterocycles. The molecule has 1 aromatic heterocycles. The highest BCUT2D eigenvalue weighted by molar-refractivity contribution is 7.99. The molecule has 31 heavy (non-hydrogen) atoms. The monoisotopic (exact) mass is 433 g/mol. The number of amides is 1. The first-order valence-corrected chi connectivity index (χ1v) is 11.6. The summed E-state index contributed by atoms with van der Waals surface area (Å²) in [5, 5.41) is 4.20. The lowest BCUT2D eigenvalue weighted by Crippen LogP contribution is -2.19. The van der Waals surface area contributed by atoms with E-state index >= 15 is 0 Å². The predicted molar refractivity (Wildman–Crippen MR) is 133 cm³/mol.